The number of carbonyl (C=O) groups is 2. The molecule has 4 aromatic rings. The number of benzene rings is 3. The summed E-state index contributed by atoms with van der Waals surface area (Å²) < 4.78 is 5.79. The molecule has 30 heavy (non-hydrogen) atoms. The van der Waals surface area contributed by atoms with Crippen LogP contribution in [0.2, 0.25) is 10.0 Å². The summed E-state index contributed by atoms with van der Waals surface area (Å²) in [6.45, 7) is 0. The van der Waals surface area contributed by atoms with Crippen molar-refractivity contribution in [1.29, 1.82) is 0 Å². The lowest BCUT2D eigenvalue weighted by molar-refractivity contribution is -0.111. The van der Waals surface area contributed by atoms with Gasteiger partial charge in [0.25, 0.3) is 0 Å². The van der Waals surface area contributed by atoms with Crippen LogP contribution in [0.25, 0.3) is 17.0 Å². The molecule has 0 aliphatic rings. The maximum absolute atomic E-state index is 13.0. The van der Waals surface area contributed by atoms with Crippen LogP contribution in [0.15, 0.2) is 83.3 Å². The van der Waals surface area contributed by atoms with E-state index in [1.807, 2.05) is 12.1 Å². The van der Waals surface area contributed by atoms with E-state index in [1.54, 1.807) is 66.7 Å². The maximum atomic E-state index is 13.0. The Kier molecular flexibility index (Phi) is 5.70. The van der Waals surface area contributed by atoms with Crippen LogP contribution >= 0.6 is 23.2 Å². The molecular formula is C24H15Cl2NO3. The Morgan fingerprint density at radius 2 is 1.63 bits per heavy atom. The third-order valence-electron chi connectivity index (χ3n) is 4.46. The summed E-state index contributed by atoms with van der Waals surface area (Å²) in [7, 11) is 0. The standard InChI is InChI=1S/C24H15Cl2NO3/c25-17-12-10-15(19(26)14-17)11-13-21(28)27-22-18-8-4-5-9-20(18)30-24(22)23(29)16-6-2-1-3-7-16/h1-14H,(H,27,28). The number of amides is 1. The third-order valence-corrected chi connectivity index (χ3v) is 5.03. The van der Waals surface area contributed by atoms with Gasteiger partial charge in [-0.3, -0.25) is 9.59 Å². The molecule has 3 aromatic carbocycles. The highest BCUT2D eigenvalue weighted by Gasteiger charge is 2.22. The van der Waals surface area contributed by atoms with E-state index in [0.717, 1.165) is 0 Å². The van der Waals surface area contributed by atoms with Crippen molar-refractivity contribution < 1.29 is 14.0 Å². The molecule has 0 atom stereocenters. The average molecular weight is 436 g/mol. The highest BCUT2D eigenvalue weighted by atomic mass is 35.5. The molecular weight excluding hydrogens is 421 g/mol. The summed E-state index contributed by atoms with van der Waals surface area (Å²) in [5.74, 6) is -0.657. The normalized spacial score (nSPS) is 11.1. The maximum Gasteiger partial charge on any atom is 0.248 e. The zero-order valence-electron chi connectivity index (χ0n) is 15.6. The Hall–Kier alpha value is -3.34. The van der Waals surface area contributed by atoms with E-state index in [9.17, 15) is 9.59 Å². The summed E-state index contributed by atoms with van der Waals surface area (Å²) >= 11 is 12.0. The number of anilines is 1. The quantitative estimate of drug-likeness (QED) is 0.283. The zero-order chi connectivity index (χ0) is 21.1. The highest BCUT2D eigenvalue weighted by Crippen LogP contribution is 2.32. The van der Waals surface area contributed by atoms with Crippen LogP contribution in [0.3, 0.4) is 0 Å². The Morgan fingerprint density at radius 3 is 2.40 bits per heavy atom. The second kappa shape index (κ2) is 8.57. The summed E-state index contributed by atoms with van der Waals surface area (Å²) in [5.41, 5.74) is 1.96. The number of hydrogen-bond donors (Lipinski definition) is 1. The van der Waals surface area contributed by atoms with Crippen LogP contribution in [0.1, 0.15) is 21.7 Å². The monoisotopic (exact) mass is 435 g/mol. The van der Waals surface area contributed by atoms with Gasteiger partial charge in [-0.05, 0) is 35.9 Å². The lowest BCUT2D eigenvalue weighted by atomic mass is 10.1. The van der Waals surface area contributed by atoms with E-state index in [0.29, 0.717) is 37.8 Å². The molecule has 0 radical (unpaired) electrons. The van der Waals surface area contributed by atoms with E-state index in [1.165, 1.54) is 6.08 Å². The van der Waals surface area contributed by atoms with Gasteiger partial charge < -0.3 is 9.73 Å². The number of hydrogen-bond acceptors (Lipinski definition) is 3. The second-order valence-electron chi connectivity index (χ2n) is 6.49. The summed E-state index contributed by atoms with van der Waals surface area (Å²) in [4.78, 5) is 25.6. The van der Waals surface area contributed by atoms with Gasteiger partial charge in [0.15, 0.2) is 5.76 Å². The van der Waals surface area contributed by atoms with Gasteiger partial charge in [0, 0.05) is 27.1 Å². The van der Waals surface area contributed by atoms with Crippen molar-refractivity contribution in [3.05, 3.63) is 106 Å². The SMILES string of the molecule is O=C(C=Cc1ccc(Cl)cc1Cl)Nc1c(C(=O)c2ccccc2)oc2ccccc12. The van der Waals surface area contributed by atoms with Gasteiger partial charge in [-0.2, -0.15) is 0 Å². The number of furan rings is 1. The van der Waals surface area contributed by atoms with Crippen molar-refractivity contribution in [3.63, 3.8) is 0 Å². The predicted octanol–water partition coefficient (Wildman–Crippen LogP) is 6.62. The van der Waals surface area contributed by atoms with Gasteiger partial charge in [-0.1, -0.05) is 71.7 Å². The molecule has 0 bridgehead atoms. The number of para-hydroxylation sites is 1. The van der Waals surface area contributed by atoms with Crippen molar-refractivity contribution in [2.24, 2.45) is 0 Å². The van der Waals surface area contributed by atoms with E-state index in [4.69, 9.17) is 27.6 Å². The zero-order valence-corrected chi connectivity index (χ0v) is 17.1. The summed E-state index contributed by atoms with van der Waals surface area (Å²) in [6.07, 6.45) is 2.92. The largest absolute Gasteiger partial charge is 0.450 e. The number of halogens is 2. The Balaban J connectivity index is 1.67. The van der Waals surface area contributed by atoms with Crippen molar-refractivity contribution in [2.75, 3.05) is 5.32 Å². The first-order chi connectivity index (χ1) is 14.5. The van der Waals surface area contributed by atoms with Crippen LogP contribution in [-0.2, 0) is 4.79 Å². The van der Waals surface area contributed by atoms with Crippen molar-refractivity contribution >= 4 is 57.6 Å². The van der Waals surface area contributed by atoms with Gasteiger partial charge in [0.1, 0.15) is 5.58 Å². The van der Waals surface area contributed by atoms with Crippen LogP contribution in [-0.4, -0.2) is 11.7 Å². The Bertz CT molecular complexity index is 1280. The third kappa shape index (κ3) is 4.15. The molecule has 0 aliphatic heterocycles. The van der Waals surface area contributed by atoms with Crippen LogP contribution in [0, 0.1) is 0 Å². The van der Waals surface area contributed by atoms with Gasteiger partial charge in [0.2, 0.25) is 11.7 Å². The fourth-order valence-electron chi connectivity index (χ4n) is 3.02. The molecule has 0 unspecified atom stereocenters. The van der Waals surface area contributed by atoms with E-state index >= 15 is 0 Å². The average Bonchev–Trinajstić information content (AvgIpc) is 3.11. The molecule has 1 heterocycles. The van der Waals surface area contributed by atoms with Gasteiger partial charge >= 0.3 is 0 Å². The molecule has 0 saturated heterocycles. The molecule has 0 spiro atoms. The first-order valence-electron chi connectivity index (χ1n) is 9.08. The minimum atomic E-state index is -0.422. The molecule has 1 amide bonds. The summed E-state index contributed by atoms with van der Waals surface area (Å²) in [5, 5.41) is 4.36. The lowest BCUT2D eigenvalue weighted by Gasteiger charge is -2.04. The van der Waals surface area contributed by atoms with Crippen LogP contribution < -0.4 is 5.32 Å². The van der Waals surface area contributed by atoms with E-state index in [2.05, 4.69) is 5.32 Å². The molecule has 1 N–H and O–H groups in total. The Labute approximate surface area is 182 Å². The predicted molar refractivity (Wildman–Crippen MR) is 120 cm³/mol. The first kappa shape index (κ1) is 20.0. The smallest absolute Gasteiger partial charge is 0.248 e. The number of carbonyl (C=O) groups excluding carboxylic acids is 2. The molecule has 4 rings (SSSR count). The number of ketones is 1. The van der Waals surface area contributed by atoms with Crippen LogP contribution in [0.5, 0.6) is 0 Å². The lowest BCUT2D eigenvalue weighted by Crippen LogP contribution is -2.11. The summed E-state index contributed by atoms with van der Waals surface area (Å²) in [6, 6.07) is 20.9. The Morgan fingerprint density at radius 1 is 0.900 bits per heavy atom. The van der Waals surface area contributed by atoms with Crippen molar-refractivity contribution in [3.8, 4) is 0 Å². The van der Waals surface area contributed by atoms with Crippen molar-refractivity contribution in [2.45, 2.75) is 0 Å². The fraction of sp³-hybridized carbons (Fsp3) is 0. The molecule has 6 heteroatoms. The number of nitrogens with one attached hydrogen (secondary N) is 1. The molecule has 1 aromatic heterocycles. The van der Waals surface area contributed by atoms with E-state index < -0.39 is 5.91 Å². The van der Waals surface area contributed by atoms with Gasteiger partial charge in [-0.15, -0.1) is 0 Å². The van der Waals surface area contributed by atoms with Crippen molar-refractivity contribution in [1.82, 2.24) is 0 Å². The number of fused-ring (bicyclic) bond motifs is 1. The molecule has 0 fully saturated rings. The second-order valence-corrected chi connectivity index (χ2v) is 7.33. The molecule has 4 nitrogen and oxygen atoms in total. The van der Waals surface area contributed by atoms with E-state index in [-0.39, 0.29) is 11.5 Å². The minimum absolute atomic E-state index is 0.0775. The van der Waals surface area contributed by atoms with Gasteiger partial charge in [0.05, 0.1) is 5.69 Å². The fourth-order valence-corrected chi connectivity index (χ4v) is 3.49. The highest BCUT2D eigenvalue weighted by molar-refractivity contribution is 6.35. The number of rotatable bonds is 5. The molecule has 0 saturated carbocycles. The minimum Gasteiger partial charge on any atom is -0.450 e. The van der Waals surface area contributed by atoms with Gasteiger partial charge in [-0.25, -0.2) is 0 Å². The first-order valence-corrected chi connectivity index (χ1v) is 9.84. The topological polar surface area (TPSA) is 59.3 Å². The molecule has 148 valence electrons. The van der Waals surface area contributed by atoms with Crippen LogP contribution in [0.4, 0.5) is 5.69 Å². The molecule has 0 aliphatic carbocycles.